The van der Waals surface area contributed by atoms with Gasteiger partial charge in [-0.15, -0.1) is 0 Å². The average Bonchev–Trinajstić information content (AvgIpc) is 3.31. The highest BCUT2D eigenvalue weighted by Crippen LogP contribution is 2.26. The number of aromatic nitrogens is 3. The van der Waals surface area contributed by atoms with Crippen molar-refractivity contribution in [1.29, 1.82) is 0 Å². The number of imidazole rings is 1. The molecule has 2 heterocycles. The van der Waals surface area contributed by atoms with Gasteiger partial charge in [0.1, 0.15) is 0 Å². The average molecular weight is 389 g/mol. The fourth-order valence-electron chi connectivity index (χ4n) is 3.64. The summed E-state index contributed by atoms with van der Waals surface area (Å²) in [5, 5.41) is 6.89. The van der Waals surface area contributed by atoms with Crippen LogP contribution in [-0.4, -0.2) is 40.3 Å². The third kappa shape index (κ3) is 3.64. The van der Waals surface area contributed by atoms with Gasteiger partial charge in [-0.25, -0.2) is 4.98 Å². The summed E-state index contributed by atoms with van der Waals surface area (Å²) in [6.07, 6.45) is 1.74. The van der Waals surface area contributed by atoms with Crippen molar-refractivity contribution in [2.24, 2.45) is 0 Å². The van der Waals surface area contributed by atoms with Crippen molar-refractivity contribution in [1.82, 2.24) is 19.9 Å². The van der Waals surface area contributed by atoms with Gasteiger partial charge in [0.25, 0.3) is 5.91 Å². The lowest BCUT2D eigenvalue weighted by Gasteiger charge is -2.17. The quantitative estimate of drug-likeness (QED) is 0.420. The molecule has 0 spiro atoms. The minimum atomic E-state index is -0.255. The summed E-state index contributed by atoms with van der Waals surface area (Å²) in [6.45, 7) is 2.91. The molecule has 0 fully saturated rings. The summed E-state index contributed by atoms with van der Waals surface area (Å²) in [4.78, 5) is 31.9. The first-order valence-corrected chi connectivity index (χ1v) is 9.61. The first kappa shape index (κ1) is 18.9. The van der Waals surface area contributed by atoms with Crippen LogP contribution >= 0.6 is 0 Å². The zero-order valence-corrected chi connectivity index (χ0v) is 16.4. The van der Waals surface area contributed by atoms with Crippen molar-refractivity contribution >= 4 is 40.1 Å². The molecule has 0 aliphatic rings. The summed E-state index contributed by atoms with van der Waals surface area (Å²) >= 11 is 0. The van der Waals surface area contributed by atoms with Crippen LogP contribution in [0.4, 0.5) is 5.95 Å². The molecule has 1 unspecified atom stereocenters. The fourth-order valence-corrected chi connectivity index (χ4v) is 3.64. The van der Waals surface area contributed by atoms with Gasteiger partial charge in [-0.3, -0.25) is 14.9 Å². The smallest absolute Gasteiger partial charge is 0.258 e. The van der Waals surface area contributed by atoms with Crippen LogP contribution in [0, 0.1) is 0 Å². The topological polar surface area (TPSA) is 91.8 Å². The molecule has 2 aromatic heterocycles. The Bertz CT molecular complexity index is 1160. The zero-order valence-electron chi connectivity index (χ0n) is 16.4. The lowest BCUT2D eigenvalue weighted by atomic mass is 10.1. The number of benzene rings is 2. The number of nitrogens with zero attached hydrogens (tertiary/aromatic N) is 2. The molecule has 7 heteroatoms. The molecular weight excluding hydrogens is 366 g/mol. The highest BCUT2D eigenvalue weighted by atomic mass is 16.1. The maximum atomic E-state index is 12.8. The van der Waals surface area contributed by atoms with Crippen molar-refractivity contribution in [3.8, 4) is 0 Å². The largest absolute Gasteiger partial charge is 0.335 e. The Hall–Kier alpha value is -3.45. The van der Waals surface area contributed by atoms with Crippen molar-refractivity contribution in [3.05, 3.63) is 59.8 Å². The van der Waals surface area contributed by atoms with Crippen LogP contribution in [0.25, 0.3) is 21.9 Å². The molecule has 0 saturated carbocycles. The van der Waals surface area contributed by atoms with Crippen molar-refractivity contribution in [2.75, 3.05) is 18.9 Å². The minimum Gasteiger partial charge on any atom is -0.335 e. The van der Waals surface area contributed by atoms with Crippen LogP contribution in [0.2, 0.25) is 0 Å². The standard InChI is InChI=1S/C22H23N5O2/c1-14(9-10-23-2)27-17(13-28)11-15-7-8-16(12-20(15)27)21(29)26-22-24-18-5-3-4-6-19(18)25-22/h3-8,11-14,23H,9-10H2,1-2H3,(H2,24,25,26,29). The number of H-pyrrole nitrogens is 1. The predicted octanol–water partition coefficient (Wildman–Crippen LogP) is 3.75. The van der Waals surface area contributed by atoms with E-state index in [-0.39, 0.29) is 11.9 Å². The second-order valence-corrected chi connectivity index (χ2v) is 7.13. The van der Waals surface area contributed by atoms with Gasteiger partial charge in [0.2, 0.25) is 5.95 Å². The summed E-state index contributed by atoms with van der Waals surface area (Å²) in [5.74, 6) is 0.150. The molecule has 29 heavy (non-hydrogen) atoms. The van der Waals surface area contributed by atoms with Gasteiger partial charge >= 0.3 is 0 Å². The molecule has 0 aliphatic heterocycles. The lowest BCUT2D eigenvalue weighted by Crippen LogP contribution is -2.16. The molecule has 0 radical (unpaired) electrons. The molecule has 7 nitrogen and oxygen atoms in total. The van der Waals surface area contributed by atoms with Gasteiger partial charge in [0, 0.05) is 22.5 Å². The Balaban J connectivity index is 1.66. The second kappa shape index (κ2) is 7.89. The van der Waals surface area contributed by atoms with E-state index in [0.29, 0.717) is 17.2 Å². The highest BCUT2D eigenvalue weighted by Gasteiger charge is 2.16. The Labute approximate surface area is 168 Å². The molecule has 3 N–H and O–H groups in total. The maximum absolute atomic E-state index is 12.8. The Morgan fingerprint density at radius 1 is 1.24 bits per heavy atom. The van der Waals surface area contributed by atoms with Crippen LogP contribution in [0.1, 0.15) is 40.2 Å². The van der Waals surface area contributed by atoms with Crippen LogP contribution in [0.5, 0.6) is 0 Å². The first-order valence-electron chi connectivity index (χ1n) is 9.61. The highest BCUT2D eigenvalue weighted by molar-refractivity contribution is 6.06. The fraction of sp³-hybridized carbons (Fsp3) is 0.227. The second-order valence-electron chi connectivity index (χ2n) is 7.13. The number of hydrogen-bond donors (Lipinski definition) is 3. The Kier molecular flexibility index (Phi) is 5.14. The summed E-state index contributed by atoms with van der Waals surface area (Å²) in [5.41, 5.74) is 3.64. The first-order chi connectivity index (χ1) is 14.1. The lowest BCUT2D eigenvalue weighted by molar-refractivity contribution is 0.102. The number of rotatable bonds is 7. The number of nitrogens with one attached hydrogen (secondary N) is 3. The van der Waals surface area contributed by atoms with Crippen molar-refractivity contribution < 1.29 is 9.59 Å². The molecule has 0 bridgehead atoms. The third-order valence-corrected chi connectivity index (χ3v) is 5.13. The minimum absolute atomic E-state index is 0.119. The molecule has 0 saturated heterocycles. The number of carbonyl (C=O) groups excluding carboxylic acids is 2. The summed E-state index contributed by atoms with van der Waals surface area (Å²) < 4.78 is 2.00. The van der Waals surface area contributed by atoms with Crippen molar-refractivity contribution in [3.63, 3.8) is 0 Å². The van der Waals surface area contributed by atoms with E-state index in [4.69, 9.17) is 0 Å². The summed E-state index contributed by atoms with van der Waals surface area (Å²) in [7, 11) is 1.90. The Morgan fingerprint density at radius 3 is 2.83 bits per heavy atom. The van der Waals surface area contributed by atoms with E-state index >= 15 is 0 Å². The normalized spacial score (nSPS) is 12.3. The van der Waals surface area contributed by atoms with Crippen LogP contribution in [-0.2, 0) is 0 Å². The van der Waals surface area contributed by atoms with Crippen LogP contribution < -0.4 is 10.6 Å². The van der Waals surface area contributed by atoms with Crippen LogP contribution in [0.3, 0.4) is 0 Å². The molecule has 4 aromatic rings. The van der Waals surface area contributed by atoms with E-state index < -0.39 is 0 Å². The molecule has 1 amide bonds. The van der Waals surface area contributed by atoms with Gasteiger partial charge < -0.3 is 14.9 Å². The number of anilines is 1. The SMILES string of the molecule is CNCCC(C)n1c(C=O)cc2ccc(C(=O)Nc3nc4ccccc4[nH]3)cc21. The molecule has 1 atom stereocenters. The van der Waals surface area contributed by atoms with Crippen LogP contribution in [0.15, 0.2) is 48.5 Å². The van der Waals surface area contributed by atoms with E-state index in [1.807, 2.05) is 54.1 Å². The third-order valence-electron chi connectivity index (χ3n) is 5.13. The number of para-hydroxylation sites is 2. The van der Waals surface area contributed by atoms with Gasteiger partial charge in [0.15, 0.2) is 6.29 Å². The van der Waals surface area contributed by atoms with E-state index in [1.165, 1.54) is 0 Å². The van der Waals surface area contributed by atoms with E-state index in [1.54, 1.807) is 6.07 Å². The number of aldehydes is 1. The predicted molar refractivity (Wildman–Crippen MR) is 115 cm³/mol. The maximum Gasteiger partial charge on any atom is 0.258 e. The molecular formula is C22H23N5O2. The molecule has 148 valence electrons. The number of amides is 1. The van der Waals surface area contributed by atoms with Gasteiger partial charge in [-0.05, 0) is 57.3 Å². The van der Waals surface area contributed by atoms with E-state index in [0.717, 1.165) is 41.2 Å². The molecule has 4 rings (SSSR count). The van der Waals surface area contributed by atoms with Gasteiger partial charge in [-0.2, -0.15) is 0 Å². The van der Waals surface area contributed by atoms with E-state index in [2.05, 4.69) is 27.5 Å². The van der Waals surface area contributed by atoms with Crippen molar-refractivity contribution in [2.45, 2.75) is 19.4 Å². The van der Waals surface area contributed by atoms with E-state index in [9.17, 15) is 9.59 Å². The number of carbonyl (C=O) groups is 2. The zero-order chi connectivity index (χ0) is 20.4. The molecule has 2 aromatic carbocycles. The Morgan fingerprint density at radius 2 is 2.07 bits per heavy atom. The number of aromatic amines is 1. The van der Waals surface area contributed by atoms with Gasteiger partial charge in [0.05, 0.1) is 16.7 Å². The molecule has 0 aliphatic carbocycles. The number of hydrogen-bond acceptors (Lipinski definition) is 4. The van der Waals surface area contributed by atoms with Gasteiger partial charge in [-0.1, -0.05) is 18.2 Å². The monoisotopic (exact) mass is 389 g/mol. The summed E-state index contributed by atoms with van der Waals surface area (Å²) in [6, 6.07) is 15.0. The number of fused-ring (bicyclic) bond motifs is 2.